The normalized spacial score (nSPS) is 11.4. The van der Waals surface area contributed by atoms with Crippen LogP contribution in [-0.4, -0.2) is 16.4 Å². The van der Waals surface area contributed by atoms with Crippen LogP contribution in [0, 0.1) is 37.1 Å². The second-order valence-electron chi connectivity index (χ2n) is 8.68. The number of carbonyl (C=O) groups excluding carboxylic acids is 2. The summed E-state index contributed by atoms with van der Waals surface area (Å²) < 4.78 is 104. The number of ether oxygens (including phenoxy) is 1. The molecular formula is C28H19F7N2O3. The first kappa shape index (κ1) is 28.4. The van der Waals surface area contributed by atoms with Gasteiger partial charge in [0.2, 0.25) is 17.4 Å². The van der Waals surface area contributed by atoms with Crippen molar-refractivity contribution in [2.45, 2.75) is 26.6 Å². The molecule has 1 aromatic heterocycles. The monoisotopic (exact) mass is 564 g/mol. The minimum absolute atomic E-state index is 0.112. The van der Waals surface area contributed by atoms with Crippen LogP contribution in [-0.2, 0) is 12.7 Å². The van der Waals surface area contributed by atoms with E-state index in [4.69, 9.17) is 0 Å². The zero-order valence-corrected chi connectivity index (χ0v) is 20.8. The molecule has 4 rings (SSSR count). The molecule has 0 aliphatic heterocycles. The third-order valence-corrected chi connectivity index (χ3v) is 6.04. The number of benzene rings is 3. The van der Waals surface area contributed by atoms with Gasteiger partial charge in [0.1, 0.15) is 5.56 Å². The quantitative estimate of drug-likeness (QED) is 0.121. The molecule has 0 aliphatic rings. The number of aryl methyl sites for hydroxylation is 1. The van der Waals surface area contributed by atoms with Gasteiger partial charge in [-0.15, -0.1) is 0 Å². The number of nitrogens with one attached hydrogen (secondary N) is 1. The van der Waals surface area contributed by atoms with E-state index in [1.54, 1.807) is 30.3 Å². The highest BCUT2D eigenvalue weighted by atomic mass is 19.4. The topological polar surface area (TPSA) is 60.3 Å². The van der Waals surface area contributed by atoms with E-state index in [0.717, 1.165) is 24.3 Å². The van der Waals surface area contributed by atoms with Gasteiger partial charge >= 0.3 is 12.1 Å². The van der Waals surface area contributed by atoms with Gasteiger partial charge in [-0.1, -0.05) is 30.3 Å². The van der Waals surface area contributed by atoms with Gasteiger partial charge < -0.3 is 14.6 Å². The molecule has 0 saturated carbocycles. The summed E-state index contributed by atoms with van der Waals surface area (Å²) in [7, 11) is 0. The van der Waals surface area contributed by atoms with E-state index in [-0.39, 0.29) is 23.5 Å². The lowest BCUT2D eigenvalue weighted by molar-refractivity contribution is -0.137. The fourth-order valence-electron chi connectivity index (χ4n) is 4.08. The molecule has 0 aliphatic carbocycles. The molecule has 0 unspecified atom stereocenters. The van der Waals surface area contributed by atoms with Crippen molar-refractivity contribution in [2.24, 2.45) is 0 Å². The average Bonchev–Trinajstić information content (AvgIpc) is 3.22. The van der Waals surface area contributed by atoms with Crippen molar-refractivity contribution in [3.8, 4) is 11.4 Å². The van der Waals surface area contributed by atoms with Gasteiger partial charge in [-0.05, 0) is 49.7 Å². The zero-order valence-electron chi connectivity index (χ0n) is 20.8. The standard InChI is InChI=1S/C28H19F7N2O3/c1-14-12-19(15(2)37(14)18-10-8-17(9-11-18)28(33,34)35)27(39)40-25-23(31)21(29)20(22(30)24(25)32)26(38)36-13-16-6-4-3-5-7-16/h3-12H,13H2,1-2H3,(H,36,38). The first-order valence-electron chi connectivity index (χ1n) is 11.6. The second-order valence-corrected chi connectivity index (χ2v) is 8.68. The molecule has 5 nitrogen and oxygen atoms in total. The summed E-state index contributed by atoms with van der Waals surface area (Å²) in [5.74, 6) is -12.9. The lowest BCUT2D eigenvalue weighted by Gasteiger charge is -2.13. The molecule has 4 aromatic rings. The Hall–Kier alpha value is -4.61. The molecule has 208 valence electrons. The minimum Gasteiger partial charge on any atom is -0.416 e. The molecule has 12 heteroatoms. The highest BCUT2D eigenvalue weighted by Gasteiger charge is 2.33. The molecule has 0 fully saturated rings. The van der Waals surface area contributed by atoms with E-state index in [2.05, 4.69) is 10.1 Å². The van der Waals surface area contributed by atoms with E-state index < -0.39 is 58.2 Å². The Morgan fingerprint density at radius 3 is 1.98 bits per heavy atom. The Kier molecular flexibility index (Phi) is 7.72. The van der Waals surface area contributed by atoms with E-state index in [1.165, 1.54) is 24.5 Å². The molecule has 0 radical (unpaired) electrons. The number of esters is 1. The highest BCUT2D eigenvalue weighted by molar-refractivity contribution is 5.96. The second kappa shape index (κ2) is 10.9. The van der Waals surface area contributed by atoms with Gasteiger partial charge in [0.05, 0.1) is 11.1 Å². The maximum Gasteiger partial charge on any atom is 0.416 e. The first-order valence-corrected chi connectivity index (χ1v) is 11.6. The third-order valence-electron chi connectivity index (χ3n) is 6.04. The van der Waals surface area contributed by atoms with Gasteiger partial charge in [0.25, 0.3) is 5.91 Å². The maximum absolute atomic E-state index is 14.8. The maximum atomic E-state index is 14.8. The number of hydrogen-bond donors (Lipinski definition) is 1. The molecular weight excluding hydrogens is 545 g/mol. The van der Waals surface area contributed by atoms with Crippen LogP contribution in [0.1, 0.15) is 43.2 Å². The number of halogens is 7. The number of alkyl halides is 3. The molecule has 1 amide bonds. The summed E-state index contributed by atoms with van der Waals surface area (Å²) in [4.78, 5) is 25.1. The molecule has 3 aromatic carbocycles. The number of hydrogen-bond acceptors (Lipinski definition) is 3. The van der Waals surface area contributed by atoms with Crippen molar-refractivity contribution in [3.05, 3.63) is 118 Å². The van der Waals surface area contributed by atoms with Gasteiger partial charge in [-0.3, -0.25) is 4.79 Å². The van der Waals surface area contributed by atoms with Crippen LogP contribution < -0.4 is 10.1 Å². The summed E-state index contributed by atoms with van der Waals surface area (Å²) >= 11 is 0. The SMILES string of the molecule is Cc1cc(C(=O)Oc2c(F)c(F)c(C(=O)NCc3ccccc3)c(F)c2F)c(C)n1-c1ccc(C(F)(F)F)cc1. The number of rotatable bonds is 6. The number of nitrogens with zero attached hydrogens (tertiary/aromatic N) is 1. The van der Waals surface area contributed by atoms with Crippen LogP contribution in [0.25, 0.3) is 5.69 Å². The van der Waals surface area contributed by atoms with Crippen molar-refractivity contribution < 1.29 is 45.1 Å². The van der Waals surface area contributed by atoms with Crippen molar-refractivity contribution >= 4 is 11.9 Å². The molecule has 0 atom stereocenters. The smallest absolute Gasteiger partial charge is 0.416 e. The van der Waals surface area contributed by atoms with Gasteiger partial charge in [-0.25, -0.2) is 13.6 Å². The van der Waals surface area contributed by atoms with Gasteiger partial charge in [-0.2, -0.15) is 22.0 Å². The average molecular weight is 564 g/mol. The Bertz CT molecular complexity index is 1570. The number of carbonyl (C=O) groups is 2. The molecule has 0 saturated heterocycles. The van der Waals surface area contributed by atoms with Crippen LogP contribution in [0.15, 0.2) is 60.7 Å². The Labute approximate surface area is 222 Å². The Morgan fingerprint density at radius 1 is 0.850 bits per heavy atom. The number of amides is 1. The summed E-state index contributed by atoms with van der Waals surface area (Å²) in [5, 5.41) is 2.16. The predicted octanol–water partition coefficient (Wildman–Crippen LogP) is 6.82. The van der Waals surface area contributed by atoms with E-state index in [0.29, 0.717) is 11.3 Å². The van der Waals surface area contributed by atoms with E-state index in [9.17, 15) is 40.3 Å². The van der Waals surface area contributed by atoms with Gasteiger partial charge in [0, 0.05) is 23.6 Å². The summed E-state index contributed by atoms with van der Waals surface area (Å²) in [6, 6.07) is 13.4. The molecule has 0 bridgehead atoms. The van der Waals surface area contributed by atoms with Crippen molar-refractivity contribution in [1.29, 1.82) is 0 Å². The molecule has 40 heavy (non-hydrogen) atoms. The van der Waals surface area contributed by atoms with Crippen molar-refractivity contribution in [3.63, 3.8) is 0 Å². The largest absolute Gasteiger partial charge is 0.416 e. The zero-order chi connectivity index (χ0) is 29.4. The summed E-state index contributed by atoms with van der Waals surface area (Å²) in [6.45, 7) is 2.70. The van der Waals surface area contributed by atoms with Crippen molar-refractivity contribution in [2.75, 3.05) is 0 Å². The summed E-state index contributed by atoms with van der Waals surface area (Å²) in [6.07, 6.45) is -4.56. The predicted molar refractivity (Wildman–Crippen MR) is 129 cm³/mol. The fraction of sp³-hybridized carbons (Fsp3) is 0.143. The van der Waals surface area contributed by atoms with Gasteiger partial charge in [0.15, 0.2) is 11.6 Å². The Morgan fingerprint density at radius 2 is 1.43 bits per heavy atom. The van der Waals surface area contributed by atoms with Crippen LogP contribution in [0.5, 0.6) is 5.75 Å². The van der Waals surface area contributed by atoms with Crippen LogP contribution >= 0.6 is 0 Å². The number of aromatic nitrogens is 1. The molecule has 1 N–H and O–H groups in total. The lowest BCUT2D eigenvalue weighted by atomic mass is 10.1. The Balaban J connectivity index is 1.60. The van der Waals surface area contributed by atoms with E-state index >= 15 is 0 Å². The molecule has 1 heterocycles. The third kappa shape index (κ3) is 5.42. The highest BCUT2D eigenvalue weighted by Crippen LogP contribution is 2.33. The first-order chi connectivity index (χ1) is 18.8. The fourth-order valence-corrected chi connectivity index (χ4v) is 4.08. The van der Waals surface area contributed by atoms with Crippen LogP contribution in [0.2, 0.25) is 0 Å². The van der Waals surface area contributed by atoms with Crippen LogP contribution in [0.3, 0.4) is 0 Å². The molecule has 0 spiro atoms. The lowest BCUT2D eigenvalue weighted by Crippen LogP contribution is -2.26. The van der Waals surface area contributed by atoms with Crippen molar-refractivity contribution in [1.82, 2.24) is 9.88 Å². The van der Waals surface area contributed by atoms with E-state index in [1.807, 2.05) is 0 Å². The minimum atomic E-state index is -4.56. The summed E-state index contributed by atoms with van der Waals surface area (Å²) in [5.41, 5.74) is -1.47. The van der Waals surface area contributed by atoms with Crippen LogP contribution in [0.4, 0.5) is 30.7 Å².